The molecule has 138 valence electrons. The number of hydrogen-bond donors (Lipinski definition) is 2. The number of rotatable bonds is 6. The summed E-state index contributed by atoms with van der Waals surface area (Å²) in [6, 6.07) is 9.80. The summed E-state index contributed by atoms with van der Waals surface area (Å²) < 4.78 is 6.05. The van der Waals surface area contributed by atoms with E-state index >= 15 is 0 Å². The highest BCUT2D eigenvalue weighted by Gasteiger charge is 2.17. The second-order valence-electron chi connectivity index (χ2n) is 6.93. The predicted molar refractivity (Wildman–Crippen MR) is 103 cm³/mol. The number of aromatic nitrogens is 4. The second-order valence-corrected chi connectivity index (χ2v) is 6.93. The van der Waals surface area contributed by atoms with Crippen molar-refractivity contribution in [1.29, 1.82) is 5.26 Å². The lowest BCUT2D eigenvalue weighted by atomic mass is 9.90. The molecule has 27 heavy (non-hydrogen) atoms. The zero-order chi connectivity index (χ0) is 18.5. The van der Waals surface area contributed by atoms with E-state index in [1.807, 2.05) is 24.3 Å². The first-order valence-electron chi connectivity index (χ1n) is 9.38. The third kappa shape index (κ3) is 4.17. The largest absolute Gasteiger partial charge is 0.476 e. The number of nitrogens with one attached hydrogen (secondary N) is 2. The number of nitrogens with zero attached hydrogens (tertiary/aromatic N) is 4. The van der Waals surface area contributed by atoms with E-state index in [9.17, 15) is 0 Å². The molecule has 0 unspecified atom stereocenters. The van der Waals surface area contributed by atoms with Crippen molar-refractivity contribution in [2.45, 2.75) is 38.5 Å². The molecule has 1 saturated carbocycles. The summed E-state index contributed by atoms with van der Waals surface area (Å²) in [5, 5.41) is 12.0. The molecule has 0 spiro atoms. The van der Waals surface area contributed by atoms with Crippen molar-refractivity contribution in [3.8, 4) is 11.9 Å². The minimum atomic E-state index is 0.398. The van der Waals surface area contributed by atoms with E-state index in [-0.39, 0.29) is 0 Å². The van der Waals surface area contributed by atoms with Gasteiger partial charge in [-0.15, -0.1) is 0 Å². The molecule has 2 heterocycles. The molecule has 1 aliphatic rings. The van der Waals surface area contributed by atoms with Crippen LogP contribution in [0, 0.1) is 17.2 Å². The number of H-pyrrole nitrogens is 1. The smallest absolute Gasteiger partial charge is 0.245 e. The lowest BCUT2D eigenvalue weighted by Gasteiger charge is -2.21. The molecule has 1 fully saturated rings. The Kier molecular flexibility index (Phi) is 5.15. The first kappa shape index (κ1) is 17.3. The highest BCUT2D eigenvalue weighted by atomic mass is 16.5. The number of benzene rings is 1. The van der Waals surface area contributed by atoms with Gasteiger partial charge in [0.05, 0.1) is 25.4 Å². The van der Waals surface area contributed by atoms with Gasteiger partial charge in [0, 0.05) is 5.69 Å². The van der Waals surface area contributed by atoms with Gasteiger partial charge in [0.25, 0.3) is 0 Å². The minimum absolute atomic E-state index is 0.398. The Morgan fingerprint density at radius 2 is 1.96 bits per heavy atom. The van der Waals surface area contributed by atoms with Crippen LogP contribution < -0.4 is 10.1 Å². The number of nitriles is 1. The van der Waals surface area contributed by atoms with Crippen LogP contribution in [0.4, 0.5) is 11.6 Å². The number of fused-ring (bicyclic) bond motifs is 1. The third-order valence-electron chi connectivity index (χ3n) is 4.93. The van der Waals surface area contributed by atoms with Crippen LogP contribution in [0.5, 0.6) is 5.88 Å². The second kappa shape index (κ2) is 8.04. The van der Waals surface area contributed by atoms with Crippen molar-refractivity contribution >= 4 is 22.8 Å². The number of hydrogen-bond acceptors (Lipinski definition) is 6. The molecule has 1 aliphatic carbocycles. The summed E-state index contributed by atoms with van der Waals surface area (Å²) in [5.74, 6) is 1.57. The summed E-state index contributed by atoms with van der Waals surface area (Å²) in [6.07, 6.45) is 8.34. The van der Waals surface area contributed by atoms with Crippen LogP contribution in [0.15, 0.2) is 30.6 Å². The van der Waals surface area contributed by atoms with Crippen molar-refractivity contribution in [3.63, 3.8) is 0 Å². The standard InChI is InChI=1S/C20H22N6O/c21-11-10-14-6-8-16(9-7-14)24-20-25-18-17(22-13-23-18)19(26-20)27-12-15-4-2-1-3-5-15/h6-9,13,15H,1-5,10,12H2,(H2,22,23,24,25,26). The average molecular weight is 362 g/mol. The number of aromatic amines is 1. The number of imidazole rings is 1. The van der Waals surface area contributed by atoms with Gasteiger partial charge in [-0.2, -0.15) is 15.2 Å². The molecule has 4 rings (SSSR count). The molecule has 7 heteroatoms. The topological polar surface area (TPSA) is 99.5 Å². The van der Waals surface area contributed by atoms with Crippen LogP contribution in [0.1, 0.15) is 37.7 Å². The van der Waals surface area contributed by atoms with Gasteiger partial charge in [-0.25, -0.2) is 4.98 Å². The molecule has 3 aromatic rings. The van der Waals surface area contributed by atoms with Gasteiger partial charge in [0.1, 0.15) is 5.52 Å². The SMILES string of the molecule is N#CCc1ccc(Nc2nc(OCC3CCCCC3)c3[nH]cnc3n2)cc1. The van der Waals surface area contributed by atoms with Gasteiger partial charge in [-0.1, -0.05) is 31.4 Å². The van der Waals surface area contributed by atoms with Crippen LogP contribution >= 0.6 is 0 Å². The van der Waals surface area contributed by atoms with Crippen LogP contribution in [0.3, 0.4) is 0 Å². The Balaban J connectivity index is 1.51. The Morgan fingerprint density at radius 3 is 2.74 bits per heavy atom. The fourth-order valence-electron chi connectivity index (χ4n) is 3.44. The lowest BCUT2D eigenvalue weighted by Crippen LogP contribution is -2.16. The first-order valence-corrected chi connectivity index (χ1v) is 9.38. The van der Waals surface area contributed by atoms with Crippen LogP contribution in [-0.2, 0) is 6.42 Å². The van der Waals surface area contributed by atoms with Crippen LogP contribution in [0.2, 0.25) is 0 Å². The molecule has 0 atom stereocenters. The monoisotopic (exact) mass is 362 g/mol. The van der Waals surface area contributed by atoms with Gasteiger partial charge >= 0.3 is 0 Å². The molecule has 1 aromatic carbocycles. The van der Waals surface area contributed by atoms with Crippen LogP contribution in [-0.4, -0.2) is 26.5 Å². The molecular formula is C20H22N6O. The highest BCUT2D eigenvalue weighted by Crippen LogP contribution is 2.27. The summed E-state index contributed by atoms with van der Waals surface area (Å²) in [7, 11) is 0. The summed E-state index contributed by atoms with van der Waals surface area (Å²) >= 11 is 0. The fourth-order valence-corrected chi connectivity index (χ4v) is 3.44. The molecule has 0 saturated heterocycles. The van der Waals surface area contributed by atoms with E-state index in [1.165, 1.54) is 32.1 Å². The molecule has 0 aliphatic heterocycles. The quantitative estimate of drug-likeness (QED) is 0.684. The van der Waals surface area contributed by atoms with Crippen molar-refractivity contribution < 1.29 is 4.74 Å². The number of anilines is 2. The van der Waals surface area contributed by atoms with Crippen molar-refractivity contribution in [2.75, 3.05) is 11.9 Å². The Morgan fingerprint density at radius 1 is 1.15 bits per heavy atom. The van der Waals surface area contributed by atoms with Gasteiger partial charge in [-0.3, -0.25) is 0 Å². The lowest BCUT2D eigenvalue weighted by molar-refractivity contribution is 0.205. The molecule has 0 radical (unpaired) electrons. The van der Waals surface area contributed by atoms with Crippen molar-refractivity contribution in [3.05, 3.63) is 36.2 Å². The molecule has 0 amide bonds. The van der Waals surface area contributed by atoms with Crippen molar-refractivity contribution in [1.82, 2.24) is 19.9 Å². The molecular weight excluding hydrogens is 340 g/mol. The summed E-state index contributed by atoms with van der Waals surface area (Å²) in [6.45, 7) is 0.674. The van der Waals surface area contributed by atoms with Crippen LogP contribution in [0.25, 0.3) is 11.2 Å². The zero-order valence-electron chi connectivity index (χ0n) is 15.1. The van der Waals surface area contributed by atoms with E-state index in [4.69, 9.17) is 10.00 Å². The normalized spacial score (nSPS) is 14.8. The molecule has 0 bridgehead atoms. The van der Waals surface area contributed by atoms with E-state index in [0.29, 0.717) is 36.4 Å². The van der Waals surface area contributed by atoms with E-state index < -0.39 is 0 Å². The first-order chi connectivity index (χ1) is 13.3. The molecule has 2 aromatic heterocycles. The number of ether oxygens (including phenoxy) is 1. The van der Waals surface area contributed by atoms with Gasteiger partial charge in [-0.05, 0) is 36.5 Å². The van der Waals surface area contributed by atoms with E-state index in [0.717, 1.165) is 16.8 Å². The highest BCUT2D eigenvalue weighted by molar-refractivity contribution is 5.77. The van der Waals surface area contributed by atoms with Gasteiger partial charge in [0.2, 0.25) is 11.8 Å². The Hall–Kier alpha value is -3.14. The van der Waals surface area contributed by atoms with Crippen molar-refractivity contribution in [2.24, 2.45) is 5.92 Å². The third-order valence-corrected chi connectivity index (χ3v) is 4.93. The Bertz CT molecular complexity index is 937. The van der Waals surface area contributed by atoms with Gasteiger partial charge < -0.3 is 15.0 Å². The minimum Gasteiger partial charge on any atom is -0.476 e. The predicted octanol–water partition coefficient (Wildman–Crippen LogP) is 4.12. The average Bonchev–Trinajstić information content (AvgIpc) is 3.17. The maximum atomic E-state index is 8.77. The van der Waals surface area contributed by atoms with Gasteiger partial charge in [0.15, 0.2) is 5.65 Å². The summed E-state index contributed by atoms with van der Waals surface area (Å²) in [4.78, 5) is 16.3. The molecule has 2 N–H and O–H groups in total. The molecule has 7 nitrogen and oxygen atoms in total. The fraction of sp³-hybridized carbons (Fsp3) is 0.400. The maximum Gasteiger partial charge on any atom is 0.245 e. The Labute approximate surface area is 157 Å². The maximum absolute atomic E-state index is 8.77. The van der Waals surface area contributed by atoms with E-state index in [2.05, 4.69) is 31.3 Å². The van der Waals surface area contributed by atoms with E-state index in [1.54, 1.807) is 6.33 Å². The summed E-state index contributed by atoms with van der Waals surface area (Å²) in [5.41, 5.74) is 3.13. The zero-order valence-corrected chi connectivity index (χ0v) is 15.1.